The van der Waals surface area contributed by atoms with Crippen molar-refractivity contribution in [1.29, 1.82) is 0 Å². The number of sulfonamides is 1. The third-order valence-electron chi connectivity index (χ3n) is 5.69. The number of aryl methyl sites for hydroxylation is 1. The fraction of sp³-hybridized carbons (Fsp3) is 0.391. The number of alkyl halides is 2. The van der Waals surface area contributed by atoms with Crippen LogP contribution < -0.4 is 9.04 Å². The number of para-hydroxylation sites is 1. The minimum absolute atomic E-state index is 0.0786. The molecule has 2 aromatic rings. The number of anilines is 1. The predicted molar refractivity (Wildman–Crippen MR) is 119 cm³/mol. The predicted octanol–water partition coefficient (Wildman–Crippen LogP) is 3.74. The quantitative estimate of drug-likeness (QED) is 0.596. The molecule has 32 heavy (non-hydrogen) atoms. The maximum absolute atomic E-state index is 13.7. The van der Waals surface area contributed by atoms with Crippen LogP contribution in [0.1, 0.15) is 17.5 Å². The highest BCUT2D eigenvalue weighted by atomic mass is 32.2. The maximum atomic E-state index is 13.7. The van der Waals surface area contributed by atoms with Crippen molar-refractivity contribution >= 4 is 21.8 Å². The van der Waals surface area contributed by atoms with E-state index >= 15 is 0 Å². The molecule has 0 atom stereocenters. The Bertz CT molecular complexity index is 1050. The summed E-state index contributed by atoms with van der Waals surface area (Å²) >= 11 is 0. The molecule has 1 fully saturated rings. The van der Waals surface area contributed by atoms with Gasteiger partial charge in [0.05, 0.1) is 23.8 Å². The Balaban J connectivity index is 1.59. The molecule has 0 amide bonds. The van der Waals surface area contributed by atoms with Crippen LogP contribution in [0.5, 0.6) is 5.75 Å². The number of nitrogens with zero attached hydrogens (tertiary/aromatic N) is 2. The fourth-order valence-electron chi connectivity index (χ4n) is 4.00. The summed E-state index contributed by atoms with van der Waals surface area (Å²) in [5.41, 5.74) is 2.12. The molecule has 6 nitrogen and oxygen atoms in total. The lowest BCUT2D eigenvalue weighted by atomic mass is 9.97. The highest BCUT2D eigenvalue weighted by Gasteiger charge is 2.29. The van der Waals surface area contributed by atoms with Crippen molar-refractivity contribution in [2.45, 2.75) is 19.5 Å². The summed E-state index contributed by atoms with van der Waals surface area (Å²) in [5.74, 6) is 0.0786. The largest absolute Gasteiger partial charge is 0.435 e. The van der Waals surface area contributed by atoms with Gasteiger partial charge >= 0.3 is 6.61 Å². The molecule has 1 aliphatic carbocycles. The first-order chi connectivity index (χ1) is 15.4. The Morgan fingerprint density at radius 3 is 2.53 bits per heavy atom. The average Bonchev–Trinajstić information content (AvgIpc) is 2.79. The van der Waals surface area contributed by atoms with Crippen LogP contribution >= 0.6 is 0 Å². The highest BCUT2D eigenvalue weighted by molar-refractivity contribution is 7.96. The van der Waals surface area contributed by atoms with Gasteiger partial charge in [-0.25, -0.2) is 8.42 Å². The van der Waals surface area contributed by atoms with Crippen molar-refractivity contribution in [3.8, 4) is 5.75 Å². The molecule has 0 N–H and O–H groups in total. The highest BCUT2D eigenvalue weighted by Crippen LogP contribution is 2.33. The van der Waals surface area contributed by atoms with Crippen LogP contribution in [0.25, 0.3) is 6.08 Å². The third kappa shape index (κ3) is 5.28. The Kier molecular flexibility index (Phi) is 7.07. The van der Waals surface area contributed by atoms with E-state index in [2.05, 4.69) is 9.64 Å². The first-order valence-electron chi connectivity index (χ1n) is 10.6. The third-order valence-corrected chi connectivity index (χ3v) is 7.64. The Labute approximate surface area is 187 Å². The second-order valence-electron chi connectivity index (χ2n) is 7.72. The van der Waals surface area contributed by atoms with Gasteiger partial charge in [-0.15, -0.1) is 0 Å². The van der Waals surface area contributed by atoms with Gasteiger partial charge in [0.2, 0.25) is 0 Å². The van der Waals surface area contributed by atoms with E-state index in [-0.39, 0.29) is 5.75 Å². The van der Waals surface area contributed by atoms with E-state index in [0.717, 1.165) is 18.7 Å². The van der Waals surface area contributed by atoms with Crippen LogP contribution in [0.3, 0.4) is 0 Å². The van der Waals surface area contributed by atoms with E-state index in [1.165, 1.54) is 10.4 Å². The molecular weight excluding hydrogens is 438 g/mol. The average molecular weight is 465 g/mol. The maximum Gasteiger partial charge on any atom is 0.387 e. The lowest BCUT2D eigenvalue weighted by Crippen LogP contribution is -2.43. The van der Waals surface area contributed by atoms with Crippen molar-refractivity contribution in [1.82, 2.24) is 4.90 Å². The first-order valence-corrected chi connectivity index (χ1v) is 12.0. The minimum Gasteiger partial charge on any atom is -0.435 e. The molecule has 0 saturated carbocycles. The summed E-state index contributed by atoms with van der Waals surface area (Å²) in [5, 5.41) is 0. The first kappa shape index (κ1) is 22.7. The number of hydrogen-bond acceptors (Lipinski definition) is 5. The van der Waals surface area contributed by atoms with Crippen molar-refractivity contribution in [3.05, 3.63) is 64.6 Å². The van der Waals surface area contributed by atoms with E-state index in [0.29, 0.717) is 55.3 Å². The van der Waals surface area contributed by atoms with Crippen LogP contribution in [0, 0.1) is 0 Å². The van der Waals surface area contributed by atoms with E-state index in [1.54, 1.807) is 30.3 Å². The smallest absolute Gasteiger partial charge is 0.387 e. The topological polar surface area (TPSA) is 59.1 Å². The Morgan fingerprint density at radius 1 is 1.06 bits per heavy atom. The number of halogens is 2. The molecular formula is C23H26F2N2O4S. The molecule has 1 saturated heterocycles. The van der Waals surface area contributed by atoms with E-state index in [1.807, 2.05) is 18.2 Å². The SMILES string of the molecule is O=S(=O)(C1=Cc2ccc(OC(F)F)cc2CC1)N(CCN1CCOCC1)c1ccccc1. The minimum atomic E-state index is -3.76. The van der Waals surface area contributed by atoms with Gasteiger partial charge in [-0.1, -0.05) is 24.3 Å². The molecule has 4 rings (SSSR count). The lowest BCUT2D eigenvalue weighted by Gasteiger charge is -2.31. The standard InChI is InChI=1S/C23H26F2N2O4S/c24-23(25)31-21-8-6-19-17-22(9-7-18(19)16-21)32(28,29)27(20-4-2-1-3-5-20)11-10-26-12-14-30-15-13-26/h1-6,8,16-17,23H,7,9-15H2. The number of fused-ring (bicyclic) bond motifs is 1. The molecule has 1 heterocycles. The normalized spacial score (nSPS) is 17.0. The molecule has 0 bridgehead atoms. The van der Waals surface area contributed by atoms with Gasteiger partial charge in [0.25, 0.3) is 10.0 Å². The summed E-state index contributed by atoms with van der Waals surface area (Å²) < 4.78 is 63.7. The molecule has 0 aromatic heterocycles. The lowest BCUT2D eigenvalue weighted by molar-refractivity contribution is -0.0498. The summed E-state index contributed by atoms with van der Waals surface area (Å²) in [4.78, 5) is 2.52. The molecule has 2 aromatic carbocycles. The van der Waals surface area contributed by atoms with Crippen LogP contribution in [0.2, 0.25) is 0 Å². The number of benzene rings is 2. The van der Waals surface area contributed by atoms with Crippen molar-refractivity contribution in [2.24, 2.45) is 0 Å². The summed E-state index contributed by atoms with van der Waals surface area (Å²) in [6, 6.07) is 13.7. The number of rotatable bonds is 8. The zero-order chi connectivity index (χ0) is 22.6. The van der Waals surface area contributed by atoms with Gasteiger partial charge in [0.1, 0.15) is 5.75 Å². The van der Waals surface area contributed by atoms with Crippen molar-refractivity contribution in [2.75, 3.05) is 43.7 Å². The summed E-state index contributed by atoms with van der Waals surface area (Å²) in [6.45, 7) is 0.903. The van der Waals surface area contributed by atoms with Gasteiger partial charge in [-0.3, -0.25) is 9.21 Å². The van der Waals surface area contributed by atoms with Crippen molar-refractivity contribution in [3.63, 3.8) is 0 Å². The van der Waals surface area contributed by atoms with E-state index < -0.39 is 16.6 Å². The molecule has 0 radical (unpaired) electrons. The Hall–Kier alpha value is -2.49. The van der Waals surface area contributed by atoms with Gasteiger partial charge in [-0.05, 0) is 54.3 Å². The number of allylic oxidation sites excluding steroid dienone is 1. The Morgan fingerprint density at radius 2 is 1.81 bits per heavy atom. The van der Waals surface area contributed by atoms with Gasteiger partial charge in [-0.2, -0.15) is 8.78 Å². The molecule has 0 spiro atoms. The van der Waals surface area contributed by atoms with Crippen LogP contribution in [0.4, 0.5) is 14.5 Å². The molecule has 9 heteroatoms. The van der Waals surface area contributed by atoms with Crippen molar-refractivity contribution < 1.29 is 26.7 Å². The van der Waals surface area contributed by atoms with Crippen LogP contribution in [0.15, 0.2) is 53.4 Å². The van der Waals surface area contributed by atoms with E-state index in [9.17, 15) is 17.2 Å². The zero-order valence-electron chi connectivity index (χ0n) is 17.6. The second kappa shape index (κ2) is 9.97. The van der Waals surface area contributed by atoms with Gasteiger partial charge in [0.15, 0.2) is 0 Å². The van der Waals surface area contributed by atoms with Crippen LogP contribution in [-0.2, 0) is 21.2 Å². The zero-order valence-corrected chi connectivity index (χ0v) is 18.4. The summed E-state index contributed by atoms with van der Waals surface area (Å²) in [7, 11) is -3.76. The van der Waals surface area contributed by atoms with E-state index in [4.69, 9.17) is 4.74 Å². The fourth-order valence-corrected chi connectivity index (χ4v) is 5.64. The molecule has 2 aliphatic rings. The monoisotopic (exact) mass is 464 g/mol. The van der Waals surface area contributed by atoms with Crippen LogP contribution in [-0.4, -0.2) is 59.3 Å². The number of morpholine rings is 1. The number of ether oxygens (including phenoxy) is 2. The van der Waals surface area contributed by atoms with Gasteiger partial charge < -0.3 is 9.47 Å². The molecule has 1 aliphatic heterocycles. The number of hydrogen-bond donors (Lipinski definition) is 0. The summed E-state index contributed by atoms with van der Waals surface area (Å²) in [6.07, 6.45) is 2.38. The molecule has 172 valence electrons. The second-order valence-corrected chi connectivity index (χ2v) is 9.63. The van der Waals surface area contributed by atoms with Gasteiger partial charge in [0, 0.05) is 26.2 Å². The molecule has 0 unspecified atom stereocenters.